The van der Waals surface area contributed by atoms with Gasteiger partial charge in [0.15, 0.2) is 0 Å². The molecule has 0 saturated carbocycles. The molecule has 0 amide bonds. The van der Waals surface area contributed by atoms with Gasteiger partial charge in [0.1, 0.15) is 12.0 Å². The number of nitrogens with one attached hydrogen (secondary N) is 1. The number of aldehydes is 1. The number of unbranched alkanes of at least 4 members (excludes halogenated alkanes) is 8. The maximum Gasteiger partial charge on any atom is 0.150 e. The van der Waals surface area contributed by atoms with Crippen LogP contribution in [0.2, 0.25) is 0 Å². The molecule has 0 fully saturated rings. The van der Waals surface area contributed by atoms with Gasteiger partial charge < -0.3 is 10.1 Å². The zero-order chi connectivity index (χ0) is 25.1. The van der Waals surface area contributed by atoms with Crippen molar-refractivity contribution in [3.8, 4) is 5.75 Å². The van der Waals surface area contributed by atoms with Crippen LogP contribution in [-0.4, -0.2) is 26.0 Å². The van der Waals surface area contributed by atoms with Crippen LogP contribution in [0.25, 0.3) is 0 Å². The molecule has 192 valence electrons. The summed E-state index contributed by atoms with van der Waals surface area (Å²) in [6.45, 7) is 2.93. The molecule has 0 aliphatic carbocycles. The fourth-order valence-corrected chi connectivity index (χ4v) is 4.69. The molecular weight excluding hydrogens is 442 g/mol. The lowest BCUT2D eigenvalue weighted by atomic mass is 9.88. The van der Waals surface area contributed by atoms with Gasteiger partial charge in [-0.05, 0) is 67.7 Å². The van der Waals surface area contributed by atoms with Gasteiger partial charge >= 0.3 is 0 Å². The van der Waals surface area contributed by atoms with E-state index in [2.05, 4.69) is 66.0 Å². The highest BCUT2D eigenvalue weighted by molar-refractivity contribution is 5.74. The minimum atomic E-state index is 0.460. The predicted molar refractivity (Wildman–Crippen MR) is 151 cm³/mol. The summed E-state index contributed by atoms with van der Waals surface area (Å²) in [7, 11) is 0. The Morgan fingerprint density at radius 2 is 1.14 bits per heavy atom. The molecule has 0 aliphatic rings. The van der Waals surface area contributed by atoms with Crippen LogP contribution in [0.15, 0.2) is 84.9 Å². The molecule has 0 aliphatic heterocycles. The lowest BCUT2D eigenvalue weighted by Gasteiger charge is -2.18. The molecule has 0 atom stereocenters. The highest BCUT2D eigenvalue weighted by Crippen LogP contribution is 2.27. The zero-order valence-corrected chi connectivity index (χ0v) is 21.7. The Kier molecular flexibility index (Phi) is 13.5. The molecule has 3 heteroatoms. The fourth-order valence-electron chi connectivity index (χ4n) is 4.69. The summed E-state index contributed by atoms with van der Waals surface area (Å²) in [5.74, 6) is 1.31. The monoisotopic (exact) mass is 485 g/mol. The van der Waals surface area contributed by atoms with E-state index in [1.54, 1.807) is 12.1 Å². The van der Waals surface area contributed by atoms with Crippen LogP contribution in [0, 0.1) is 0 Å². The van der Waals surface area contributed by atoms with E-state index in [1.807, 2.05) is 12.1 Å². The van der Waals surface area contributed by atoms with Gasteiger partial charge in [-0.15, -0.1) is 0 Å². The highest BCUT2D eigenvalue weighted by atomic mass is 16.5. The van der Waals surface area contributed by atoms with Crippen molar-refractivity contribution in [2.45, 2.75) is 70.1 Å². The number of ether oxygens (including phenoxy) is 1. The Morgan fingerprint density at radius 1 is 0.611 bits per heavy atom. The molecule has 1 N–H and O–H groups in total. The molecule has 0 aromatic heterocycles. The van der Waals surface area contributed by atoms with Crippen molar-refractivity contribution in [2.24, 2.45) is 0 Å². The third-order valence-electron chi connectivity index (χ3n) is 6.80. The molecule has 3 aromatic rings. The second kappa shape index (κ2) is 17.5. The summed E-state index contributed by atoms with van der Waals surface area (Å²) in [5.41, 5.74) is 3.50. The van der Waals surface area contributed by atoms with Crippen LogP contribution < -0.4 is 10.1 Å². The van der Waals surface area contributed by atoms with Crippen molar-refractivity contribution < 1.29 is 9.53 Å². The van der Waals surface area contributed by atoms with E-state index in [9.17, 15) is 4.79 Å². The van der Waals surface area contributed by atoms with Gasteiger partial charge in [0.05, 0.1) is 6.61 Å². The molecule has 0 saturated heterocycles. The van der Waals surface area contributed by atoms with Crippen LogP contribution >= 0.6 is 0 Å². The number of hydrogen-bond donors (Lipinski definition) is 1. The van der Waals surface area contributed by atoms with Crippen LogP contribution in [0.1, 0.15) is 91.6 Å². The van der Waals surface area contributed by atoms with Gasteiger partial charge in [-0.1, -0.05) is 106 Å². The van der Waals surface area contributed by atoms with Crippen molar-refractivity contribution >= 4 is 6.29 Å². The fraction of sp³-hybridized carbons (Fsp3) is 0.424. The Morgan fingerprint density at radius 3 is 1.69 bits per heavy atom. The lowest BCUT2D eigenvalue weighted by Crippen LogP contribution is -2.19. The van der Waals surface area contributed by atoms with Gasteiger partial charge in [-0.3, -0.25) is 4.79 Å². The quantitative estimate of drug-likeness (QED) is 0.137. The van der Waals surface area contributed by atoms with Crippen molar-refractivity contribution in [3.05, 3.63) is 102 Å². The number of carbonyl (C=O) groups is 1. The molecule has 0 spiro atoms. The van der Waals surface area contributed by atoms with Crippen LogP contribution in [0.4, 0.5) is 0 Å². The number of benzene rings is 3. The summed E-state index contributed by atoms with van der Waals surface area (Å²) < 4.78 is 5.74. The maximum absolute atomic E-state index is 10.7. The zero-order valence-electron chi connectivity index (χ0n) is 21.7. The molecule has 3 rings (SSSR count). The Labute approximate surface area is 218 Å². The topological polar surface area (TPSA) is 38.3 Å². The molecule has 3 nitrogen and oxygen atoms in total. The molecule has 36 heavy (non-hydrogen) atoms. The van der Waals surface area contributed by atoms with Gasteiger partial charge in [0.2, 0.25) is 0 Å². The summed E-state index contributed by atoms with van der Waals surface area (Å²) in [6, 6.07) is 29.1. The van der Waals surface area contributed by atoms with Crippen molar-refractivity contribution in [1.82, 2.24) is 5.32 Å². The predicted octanol–water partition coefficient (Wildman–Crippen LogP) is 8.20. The molecular formula is C33H43NO2. The standard InChI is InChI=1S/C33H43NO2/c35-28-29-20-22-32(23-21-29)36-27-15-7-5-3-1-2-4-6-14-25-34-26-24-33(30-16-10-8-11-17-30)31-18-12-9-13-19-31/h8-13,16-23,28,33-34H,1-7,14-15,24-27H2. The number of rotatable bonds is 19. The van der Waals surface area contributed by atoms with Gasteiger partial charge in [-0.25, -0.2) is 0 Å². The second-order valence-electron chi connectivity index (χ2n) is 9.63. The molecule has 0 bridgehead atoms. The summed E-state index contributed by atoms with van der Waals surface area (Å²) >= 11 is 0. The van der Waals surface area contributed by atoms with Crippen molar-refractivity contribution in [1.29, 1.82) is 0 Å². The van der Waals surface area contributed by atoms with Gasteiger partial charge in [0, 0.05) is 11.5 Å². The molecule has 0 radical (unpaired) electrons. The summed E-state index contributed by atoms with van der Waals surface area (Å²) in [4.78, 5) is 10.7. The van der Waals surface area contributed by atoms with E-state index in [4.69, 9.17) is 4.74 Å². The van der Waals surface area contributed by atoms with Crippen molar-refractivity contribution in [2.75, 3.05) is 19.7 Å². The van der Waals surface area contributed by atoms with Crippen LogP contribution in [0.5, 0.6) is 5.75 Å². The average Bonchev–Trinajstić information content (AvgIpc) is 2.94. The third-order valence-corrected chi connectivity index (χ3v) is 6.80. The lowest BCUT2D eigenvalue weighted by molar-refractivity contribution is 0.112. The molecule has 0 heterocycles. The first-order chi connectivity index (χ1) is 17.9. The molecule has 3 aromatic carbocycles. The Bertz CT molecular complexity index is 901. The third kappa shape index (κ3) is 10.8. The number of carbonyl (C=O) groups excluding carboxylic acids is 1. The Balaban J connectivity index is 1.14. The van der Waals surface area contributed by atoms with Crippen LogP contribution in [-0.2, 0) is 0 Å². The largest absolute Gasteiger partial charge is 0.494 e. The van der Waals surface area contributed by atoms with E-state index < -0.39 is 0 Å². The SMILES string of the molecule is O=Cc1ccc(OCCCCCCCCCCCNCCC(c2ccccc2)c2ccccc2)cc1. The minimum absolute atomic E-state index is 0.460. The van der Waals surface area contributed by atoms with E-state index >= 15 is 0 Å². The first kappa shape index (κ1) is 27.7. The maximum atomic E-state index is 10.7. The first-order valence-electron chi connectivity index (χ1n) is 13.9. The van der Waals surface area contributed by atoms with Crippen LogP contribution in [0.3, 0.4) is 0 Å². The normalized spacial score (nSPS) is 11.0. The van der Waals surface area contributed by atoms with Gasteiger partial charge in [0.25, 0.3) is 0 Å². The second-order valence-corrected chi connectivity index (χ2v) is 9.63. The average molecular weight is 486 g/mol. The Hall–Kier alpha value is -2.91. The van der Waals surface area contributed by atoms with E-state index in [-0.39, 0.29) is 0 Å². The first-order valence-corrected chi connectivity index (χ1v) is 13.9. The van der Waals surface area contributed by atoms with E-state index in [0.29, 0.717) is 11.5 Å². The van der Waals surface area contributed by atoms with E-state index in [0.717, 1.165) is 44.6 Å². The van der Waals surface area contributed by atoms with Crippen molar-refractivity contribution in [3.63, 3.8) is 0 Å². The highest BCUT2D eigenvalue weighted by Gasteiger charge is 2.13. The summed E-state index contributed by atoms with van der Waals surface area (Å²) in [6.07, 6.45) is 13.6. The van der Waals surface area contributed by atoms with E-state index in [1.165, 1.54) is 62.5 Å². The number of hydrogen-bond acceptors (Lipinski definition) is 3. The summed E-state index contributed by atoms with van der Waals surface area (Å²) in [5, 5.41) is 3.68. The molecule has 0 unspecified atom stereocenters. The smallest absolute Gasteiger partial charge is 0.150 e. The van der Waals surface area contributed by atoms with Gasteiger partial charge in [-0.2, -0.15) is 0 Å². The minimum Gasteiger partial charge on any atom is -0.494 e.